The SMILES string of the molecule is CC(C)N(C)CCc1cccc2ccc(O)cc12. The molecule has 0 aromatic heterocycles. The quantitative estimate of drug-likeness (QED) is 0.889. The Kier molecular flexibility index (Phi) is 3.87. The van der Waals surface area contributed by atoms with Crippen LogP contribution < -0.4 is 0 Å². The van der Waals surface area contributed by atoms with E-state index in [2.05, 4.69) is 44.0 Å². The summed E-state index contributed by atoms with van der Waals surface area (Å²) in [5.41, 5.74) is 1.30. The maximum absolute atomic E-state index is 9.61. The van der Waals surface area contributed by atoms with Gasteiger partial charge in [0.25, 0.3) is 0 Å². The van der Waals surface area contributed by atoms with Gasteiger partial charge in [0.15, 0.2) is 0 Å². The Balaban J connectivity index is 2.25. The molecular formula is C16H21NO. The fraction of sp³-hybridized carbons (Fsp3) is 0.375. The Morgan fingerprint density at radius 1 is 1.17 bits per heavy atom. The molecule has 18 heavy (non-hydrogen) atoms. The van der Waals surface area contributed by atoms with Gasteiger partial charge in [-0.15, -0.1) is 0 Å². The largest absolute Gasteiger partial charge is 0.508 e. The highest BCUT2D eigenvalue weighted by atomic mass is 16.3. The van der Waals surface area contributed by atoms with Crippen molar-refractivity contribution in [1.29, 1.82) is 0 Å². The molecule has 0 saturated carbocycles. The predicted octanol–water partition coefficient (Wildman–Crippen LogP) is 3.43. The summed E-state index contributed by atoms with van der Waals surface area (Å²) in [5, 5.41) is 12.0. The van der Waals surface area contributed by atoms with Crippen molar-refractivity contribution in [2.75, 3.05) is 13.6 Å². The van der Waals surface area contributed by atoms with Gasteiger partial charge in [0.05, 0.1) is 0 Å². The third-order valence-electron chi connectivity index (χ3n) is 3.57. The van der Waals surface area contributed by atoms with Gasteiger partial charge < -0.3 is 10.0 Å². The Morgan fingerprint density at radius 2 is 1.94 bits per heavy atom. The fourth-order valence-electron chi connectivity index (χ4n) is 2.10. The molecule has 1 N–H and O–H groups in total. The summed E-state index contributed by atoms with van der Waals surface area (Å²) in [5.74, 6) is 0.340. The van der Waals surface area contributed by atoms with Gasteiger partial charge in [0, 0.05) is 12.6 Å². The average Bonchev–Trinajstić information content (AvgIpc) is 2.35. The van der Waals surface area contributed by atoms with Crippen molar-refractivity contribution < 1.29 is 5.11 Å². The van der Waals surface area contributed by atoms with Gasteiger partial charge in [0.1, 0.15) is 5.75 Å². The standard InChI is InChI=1S/C16H21NO/c1-12(2)17(3)10-9-14-6-4-5-13-7-8-15(18)11-16(13)14/h4-8,11-12,18H,9-10H2,1-3H3. The molecule has 2 heteroatoms. The smallest absolute Gasteiger partial charge is 0.116 e. The summed E-state index contributed by atoms with van der Waals surface area (Å²) in [6, 6.07) is 12.5. The van der Waals surface area contributed by atoms with Crippen LogP contribution in [0.5, 0.6) is 5.75 Å². The van der Waals surface area contributed by atoms with Crippen LogP contribution in [0, 0.1) is 0 Å². The number of benzene rings is 2. The molecule has 0 aliphatic heterocycles. The first-order valence-electron chi connectivity index (χ1n) is 6.49. The Hall–Kier alpha value is -1.54. The van der Waals surface area contributed by atoms with Crippen LogP contribution in [0.15, 0.2) is 36.4 Å². The second kappa shape index (κ2) is 5.40. The minimum Gasteiger partial charge on any atom is -0.508 e. The second-order valence-electron chi connectivity index (χ2n) is 5.15. The van der Waals surface area contributed by atoms with Gasteiger partial charge >= 0.3 is 0 Å². The fourth-order valence-corrected chi connectivity index (χ4v) is 2.10. The van der Waals surface area contributed by atoms with E-state index in [1.807, 2.05) is 12.1 Å². The average molecular weight is 243 g/mol. The number of fused-ring (bicyclic) bond motifs is 1. The van der Waals surface area contributed by atoms with E-state index in [1.54, 1.807) is 6.07 Å². The van der Waals surface area contributed by atoms with Crippen LogP contribution in [-0.2, 0) is 6.42 Å². The third kappa shape index (κ3) is 2.82. The molecule has 0 radical (unpaired) electrons. The number of phenols is 1. The number of phenolic OH excluding ortho intramolecular Hbond substituents is 1. The molecular weight excluding hydrogens is 222 g/mol. The van der Waals surface area contributed by atoms with Crippen LogP contribution in [0.3, 0.4) is 0 Å². The van der Waals surface area contributed by atoms with E-state index in [9.17, 15) is 5.11 Å². The van der Waals surface area contributed by atoms with E-state index in [1.165, 1.54) is 10.9 Å². The van der Waals surface area contributed by atoms with Crippen molar-refractivity contribution in [3.8, 4) is 5.75 Å². The highest BCUT2D eigenvalue weighted by molar-refractivity contribution is 5.87. The lowest BCUT2D eigenvalue weighted by Gasteiger charge is -2.21. The third-order valence-corrected chi connectivity index (χ3v) is 3.57. The normalized spacial score (nSPS) is 11.6. The van der Waals surface area contributed by atoms with E-state index in [-0.39, 0.29) is 0 Å². The number of nitrogens with zero attached hydrogens (tertiary/aromatic N) is 1. The molecule has 2 aromatic rings. The van der Waals surface area contributed by atoms with Crippen LogP contribution in [0.25, 0.3) is 10.8 Å². The van der Waals surface area contributed by atoms with Crippen LogP contribution in [-0.4, -0.2) is 29.6 Å². The zero-order valence-electron chi connectivity index (χ0n) is 11.4. The molecule has 0 aliphatic rings. The highest BCUT2D eigenvalue weighted by Gasteiger charge is 2.06. The van der Waals surface area contributed by atoms with Crippen molar-refractivity contribution in [2.24, 2.45) is 0 Å². The van der Waals surface area contributed by atoms with Gasteiger partial charge in [-0.05, 0) is 55.8 Å². The number of hydrogen-bond donors (Lipinski definition) is 1. The van der Waals surface area contributed by atoms with E-state index < -0.39 is 0 Å². The molecule has 2 nitrogen and oxygen atoms in total. The highest BCUT2D eigenvalue weighted by Crippen LogP contribution is 2.23. The summed E-state index contributed by atoms with van der Waals surface area (Å²) in [6.07, 6.45) is 1.01. The molecule has 0 fully saturated rings. The summed E-state index contributed by atoms with van der Waals surface area (Å²) >= 11 is 0. The van der Waals surface area contributed by atoms with Crippen LogP contribution in [0.1, 0.15) is 19.4 Å². The first kappa shape index (κ1) is 12.9. The molecule has 2 aromatic carbocycles. The monoisotopic (exact) mass is 243 g/mol. The molecule has 0 unspecified atom stereocenters. The lowest BCUT2D eigenvalue weighted by atomic mass is 10.0. The minimum atomic E-state index is 0.340. The van der Waals surface area contributed by atoms with E-state index in [0.29, 0.717) is 11.8 Å². The number of aromatic hydroxyl groups is 1. The molecule has 0 bridgehead atoms. The molecule has 0 aliphatic carbocycles. The molecule has 0 amide bonds. The molecule has 2 rings (SSSR count). The summed E-state index contributed by atoms with van der Waals surface area (Å²) < 4.78 is 0. The molecule has 0 saturated heterocycles. The van der Waals surface area contributed by atoms with Crippen LogP contribution >= 0.6 is 0 Å². The zero-order valence-corrected chi connectivity index (χ0v) is 11.4. The van der Waals surface area contributed by atoms with Gasteiger partial charge in [-0.2, -0.15) is 0 Å². The topological polar surface area (TPSA) is 23.5 Å². The molecule has 0 spiro atoms. The minimum absolute atomic E-state index is 0.340. The second-order valence-corrected chi connectivity index (χ2v) is 5.15. The van der Waals surface area contributed by atoms with E-state index in [4.69, 9.17) is 0 Å². The van der Waals surface area contributed by atoms with Gasteiger partial charge in [-0.25, -0.2) is 0 Å². The molecule has 96 valence electrons. The Morgan fingerprint density at radius 3 is 2.67 bits per heavy atom. The van der Waals surface area contributed by atoms with Crippen molar-refractivity contribution in [2.45, 2.75) is 26.3 Å². The van der Waals surface area contributed by atoms with Crippen molar-refractivity contribution in [3.63, 3.8) is 0 Å². The number of likely N-dealkylation sites (N-methyl/N-ethyl adjacent to an activating group) is 1. The van der Waals surface area contributed by atoms with Gasteiger partial charge in [0.2, 0.25) is 0 Å². The first-order chi connectivity index (χ1) is 8.58. The summed E-state index contributed by atoms with van der Waals surface area (Å²) in [4.78, 5) is 2.33. The maximum Gasteiger partial charge on any atom is 0.116 e. The van der Waals surface area contributed by atoms with E-state index >= 15 is 0 Å². The Labute approximate surface area is 109 Å². The van der Waals surface area contributed by atoms with Crippen LogP contribution in [0.2, 0.25) is 0 Å². The lowest BCUT2D eigenvalue weighted by Crippen LogP contribution is -2.28. The first-order valence-corrected chi connectivity index (χ1v) is 6.49. The van der Waals surface area contributed by atoms with E-state index in [0.717, 1.165) is 18.4 Å². The van der Waals surface area contributed by atoms with Crippen molar-refractivity contribution in [1.82, 2.24) is 4.90 Å². The summed E-state index contributed by atoms with van der Waals surface area (Å²) in [6.45, 7) is 5.44. The molecule has 0 heterocycles. The van der Waals surface area contributed by atoms with Crippen molar-refractivity contribution >= 4 is 10.8 Å². The number of rotatable bonds is 4. The lowest BCUT2D eigenvalue weighted by molar-refractivity contribution is 0.278. The van der Waals surface area contributed by atoms with Crippen LogP contribution in [0.4, 0.5) is 0 Å². The van der Waals surface area contributed by atoms with Gasteiger partial charge in [-0.1, -0.05) is 24.3 Å². The summed E-state index contributed by atoms with van der Waals surface area (Å²) in [7, 11) is 2.15. The van der Waals surface area contributed by atoms with Gasteiger partial charge in [-0.3, -0.25) is 0 Å². The van der Waals surface area contributed by atoms with Crippen molar-refractivity contribution in [3.05, 3.63) is 42.0 Å². The Bertz CT molecular complexity index is 534. The predicted molar refractivity (Wildman–Crippen MR) is 77.1 cm³/mol. The zero-order chi connectivity index (χ0) is 13.1. The number of hydrogen-bond acceptors (Lipinski definition) is 2. The maximum atomic E-state index is 9.61. The molecule has 0 atom stereocenters.